The lowest BCUT2D eigenvalue weighted by Gasteiger charge is -2.48. The molecule has 2 rings (SSSR count). The largest absolute Gasteiger partial charge is 0.308 e. The van der Waals surface area contributed by atoms with E-state index in [0.29, 0.717) is 11.0 Å². The molecular formula is C15H30N2. The molecule has 1 saturated carbocycles. The van der Waals surface area contributed by atoms with E-state index in [1.54, 1.807) is 0 Å². The van der Waals surface area contributed by atoms with Crippen molar-refractivity contribution in [2.24, 2.45) is 5.41 Å². The van der Waals surface area contributed by atoms with Gasteiger partial charge in [0.25, 0.3) is 0 Å². The van der Waals surface area contributed by atoms with E-state index in [9.17, 15) is 0 Å². The SMILES string of the molecule is CCC1CNC2(CCCC2)CN1CC(C)(C)C. The topological polar surface area (TPSA) is 15.3 Å². The van der Waals surface area contributed by atoms with Crippen LogP contribution in [0.2, 0.25) is 0 Å². The lowest BCUT2D eigenvalue weighted by molar-refractivity contribution is 0.0507. The molecule has 2 fully saturated rings. The third-order valence-electron chi connectivity index (χ3n) is 4.44. The van der Waals surface area contributed by atoms with Gasteiger partial charge in [0.05, 0.1) is 0 Å². The molecule has 1 heterocycles. The van der Waals surface area contributed by atoms with Gasteiger partial charge in [0.15, 0.2) is 0 Å². The summed E-state index contributed by atoms with van der Waals surface area (Å²) in [7, 11) is 0. The van der Waals surface area contributed by atoms with Gasteiger partial charge in [0.2, 0.25) is 0 Å². The molecule has 1 aliphatic carbocycles. The zero-order chi connectivity index (χ0) is 12.5. The highest BCUT2D eigenvalue weighted by Gasteiger charge is 2.41. The molecule has 1 N–H and O–H groups in total. The Kier molecular flexibility index (Phi) is 3.84. The van der Waals surface area contributed by atoms with Gasteiger partial charge >= 0.3 is 0 Å². The summed E-state index contributed by atoms with van der Waals surface area (Å²) in [5.74, 6) is 0. The molecule has 2 aliphatic rings. The minimum Gasteiger partial charge on any atom is -0.308 e. The van der Waals surface area contributed by atoms with E-state index in [1.807, 2.05) is 0 Å². The molecule has 1 aliphatic heterocycles. The number of piperazine rings is 1. The van der Waals surface area contributed by atoms with E-state index in [4.69, 9.17) is 0 Å². The van der Waals surface area contributed by atoms with Crippen molar-refractivity contribution in [3.05, 3.63) is 0 Å². The van der Waals surface area contributed by atoms with Crippen LogP contribution in [0, 0.1) is 5.41 Å². The summed E-state index contributed by atoms with van der Waals surface area (Å²) in [6.45, 7) is 13.1. The monoisotopic (exact) mass is 238 g/mol. The zero-order valence-electron chi connectivity index (χ0n) is 12.2. The first-order valence-corrected chi connectivity index (χ1v) is 7.43. The first-order chi connectivity index (χ1) is 7.94. The third-order valence-corrected chi connectivity index (χ3v) is 4.44. The van der Waals surface area contributed by atoms with Crippen LogP contribution in [-0.2, 0) is 0 Å². The molecule has 0 aromatic heterocycles. The predicted molar refractivity (Wildman–Crippen MR) is 74.3 cm³/mol. The molecule has 1 saturated heterocycles. The van der Waals surface area contributed by atoms with Gasteiger partial charge in [-0.25, -0.2) is 0 Å². The number of nitrogens with zero attached hydrogens (tertiary/aromatic N) is 1. The fourth-order valence-corrected chi connectivity index (χ4v) is 3.62. The Balaban J connectivity index is 2.03. The van der Waals surface area contributed by atoms with E-state index >= 15 is 0 Å². The van der Waals surface area contributed by atoms with Crippen molar-refractivity contribution >= 4 is 0 Å². The standard InChI is InChI=1S/C15H30N2/c1-5-13-10-16-15(8-6-7-9-15)12-17(13)11-14(2,3)4/h13,16H,5-12H2,1-4H3. The Morgan fingerprint density at radius 1 is 1.24 bits per heavy atom. The van der Waals surface area contributed by atoms with Gasteiger partial charge in [-0.15, -0.1) is 0 Å². The van der Waals surface area contributed by atoms with Crippen molar-refractivity contribution in [2.75, 3.05) is 19.6 Å². The molecule has 17 heavy (non-hydrogen) atoms. The average Bonchev–Trinajstić information content (AvgIpc) is 2.64. The smallest absolute Gasteiger partial charge is 0.0309 e. The zero-order valence-corrected chi connectivity index (χ0v) is 12.2. The van der Waals surface area contributed by atoms with Crippen LogP contribution in [0.4, 0.5) is 0 Å². The fourth-order valence-electron chi connectivity index (χ4n) is 3.62. The molecule has 2 nitrogen and oxygen atoms in total. The van der Waals surface area contributed by atoms with Gasteiger partial charge in [0, 0.05) is 31.2 Å². The van der Waals surface area contributed by atoms with E-state index in [2.05, 4.69) is 37.9 Å². The molecule has 1 unspecified atom stereocenters. The van der Waals surface area contributed by atoms with E-state index in [0.717, 1.165) is 6.04 Å². The van der Waals surface area contributed by atoms with Crippen LogP contribution in [0.15, 0.2) is 0 Å². The van der Waals surface area contributed by atoms with E-state index < -0.39 is 0 Å². The molecule has 0 amide bonds. The second-order valence-corrected chi connectivity index (χ2v) is 7.40. The van der Waals surface area contributed by atoms with Gasteiger partial charge in [-0.1, -0.05) is 40.5 Å². The Morgan fingerprint density at radius 2 is 1.88 bits per heavy atom. The van der Waals surface area contributed by atoms with Gasteiger partial charge in [-0.05, 0) is 24.7 Å². The Hall–Kier alpha value is -0.0800. The summed E-state index contributed by atoms with van der Waals surface area (Å²) in [6, 6.07) is 0.750. The molecular weight excluding hydrogens is 208 g/mol. The number of hydrogen-bond donors (Lipinski definition) is 1. The maximum atomic E-state index is 3.87. The Morgan fingerprint density at radius 3 is 2.41 bits per heavy atom. The highest BCUT2D eigenvalue weighted by Crippen LogP contribution is 2.34. The second kappa shape index (κ2) is 4.89. The predicted octanol–water partition coefficient (Wildman–Crippen LogP) is 3.03. The quantitative estimate of drug-likeness (QED) is 0.795. The van der Waals surface area contributed by atoms with E-state index in [1.165, 1.54) is 51.7 Å². The van der Waals surface area contributed by atoms with Gasteiger partial charge < -0.3 is 5.32 Å². The van der Waals surface area contributed by atoms with Crippen LogP contribution >= 0.6 is 0 Å². The molecule has 0 aromatic rings. The minimum absolute atomic E-state index is 0.421. The number of rotatable bonds is 2. The maximum Gasteiger partial charge on any atom is 0.0309 e. The third kappa shape index (κ3) is 3.23. The average molecular weight is 238 g/mol. The van der Waals surface area contributed by atoms with Crippen LogP contribution in [0.5, 0.6) is 0 Å². The van der Waals surface area contributed by atoms with Crippen LogP contribution in [0.3, 0.4) is 0 Å². The van der Waals surface area contributed by atoms with Crippen molar-refractivity contribution in [2.45, 2.75) is 71.4 Å². The van der Waals surface area contributed by atoms with Gasteiger partial charge in [0.1, 0.15) is 0 Å². The van der Waals surface area contributed by atoms with Crippen LogP contribution in [0.25, 0.3) is 0 Å². The summed E-state index contributed by atoms with van der Waals surface area (Å²) >= 11 is 0. The maximum absolute atomic E-state index is 3.87. The first kappa shape index (κ1) is 13.4. The van der Waals surface area contributed by atoms with Crippen molar-refractivity contribution in [3.8, 4) is 0 Å². The van der Waals surface area contributed by atoms with Crippen LogP contribution < -0.4 is 5.32 Å². The van der Waals surface area contributed by atoms with Crippen molar-refractivity contribution in [3.63, 3.8) is 0 Å². The molecule has 1 atom stereocenters. The Bertz CT molecular complexity index is 248. The summed E-state index contributed by atoms with van der Waals surface area (Å²) in [5.41, 5.74) is 0.890. The highest BCUT2D eigenvalue weighted by atomic mass is 15.3. The van der Waals surface area contributed by atoms with E-state index in [-0.39, 0.29) is 0 Å². The van der Waals surface area contributed by atoms with Crippen molar-refractivity contribution < 1.29 is 0 Å². The van der Waals surface area contributed by atoms with Crippen molar-refractivity contribution in [1.29, 1.82) is 0 Å². The first-order valence-electron chi connectivity index (χ1n) is 7.43. The van der Waals surface area contributed by atoms with Gasteiger partial charge in [-0.3, -0.25) is 4.90 Å². The Labute approximate surface area is 107 Å². The van der Waals surface area contributed by atoms with Crippen molar-refractivity contribution in [1.82, 2.24) is 10.2 Å². The highest BCUT2D eigenvalue weighted by molar-refractivity contribution is 5.01. The van der Waals surface area contributed by atoms with Crippen LogP contribution in [-0.4, -0.2) is 36.1 Å². The molecule has 100 valence electrons. The molecule has 0 radical (unpaired) electrons. The fraction of sp³-hybridized carbons (Fsp3) is 1.00. The number of nitrogens with one attached hydrogen (secondary N) is 1. The van der Waals surface area contributed by atoms with Gasteiger partial charge in [-0.2, -0.15) is 0 Å². The molecule has 0 aromatic carbocycles. The van der Waals surface area contributed by atoms with Crippen LogP contribution in [0.1, 0.15) is 59.8 Å². The molecule has 1 spiro atoms. The molecule has 0 bridgehead atoms. The minimum atomic E-state index is 0.421. The normalized spacial score (nSPS) is 30.0. The summed E-state index contributed by atoms with van der Waals surface area (Å²) < 4.78 is 0. The summed E-state index contributed by atoms with van der Waals surface area (Å²) in [4.78, 5) is 2.77. The lowest BCUT2D eigenvalue weighted by atomic mass is 9.88. The second-order valence-electron chi connectivity index (χ2n) is 7.40. The number of hydrogen-bond acceptors (Lipinski definition) is 2. The lowest BCUT2D eigenvalue weighted by Crippen LogP contribution is -2.63. The summed E-state index contributed by atoms with van der Waals surface area (Å²) in [5, 5.41) is 3.87. The summed E-state index contributed by atoms with van der Waals surface area (Å²) in [6.07, 6.45) is 6.91. The molecule has 2 heteroatoms.